The molecule has 4 heteroatoms. The minimum Gasteiger partial charge on any atom is -0.481 e. The van der Waals surface area contributed by atoms with Crippen molar-refractivity contribution in [1.29, 1.82) is 0 Å². The van der Waals surface area contributed by atoms with Crippen LogP contribution < -0.4 is 0 Å². The second-order valence-corrected chi connectivity index (χ2v) is 5.08. The third-order valence-corrected chi connectivity index (χ3v) is 3.97. The first-order chi connectivity index (χ1) is 9.60. The normalized spacial score (nSPS) is 18.1. The summed E-state index contributed by atoms with van der Waals surface area (Å²) in [5.74, 6) is -0.846. The molecule has 1 N–H and O–H groups in total. The number of carboxylic acids is 1. The predicted octanol–water partition coefficient (Wildman–Crippen LogP) is 2.21. The van der Waals surface area contributed by atoms with Crippen molar-refractivity contribution in [2.45, 2.75) is 25.2 Å². The summed E-state index contributed by atoms with van der Waals surface area (Å²) in [4.78, 5) is 25.3. The number of piperidine rings is 1. The molecule has 0 unspecified atom stereocenters. The Bertz CT molecular complexity index is 514. The number of carboxylic acid groups (broad SMARTS) is 1. The monoisotopic (exact) mass is 273 g/mol. The van der Waals surface area contributed by atoms with Crippen LogP contribution in [0.4, 0.5) is 0 Å². The van der Waals surface area contributed by atoms with E-state index in [9.17, 15) is 14.7 Å². The Kier molecular flexibility index (Phi) is 4.23. The van der Waals surface area contributed by atoms with E-state index in [0.717, 1.165) is 5.56 Å². The quantitative estimate of drug-likeness (QED) is 0.859. The van der Waals surface area contributed by atoms with Gasteiger partial charge in [0, 0.05) is 13.1 Å². The summed E-state index contributed by atoms with van der Waals surface area (Å²) >= 11 is 0. The topological polar surface area (TPSA) is 57.6 Å². The van der Waals surface area contributed by atoms with Gasteiger partial charge in [0.2, 0.25) is 5.91 Å². The van der Waals surface area contributed by atoms with Crippen molar-refractivity contribution in [3.8, 4) is 0 Å². The number of rotatable bonds is 3. The maximum absolute atomic E-state index is 11.8. The Hall–Kier alpha value is -2.10. The summed E-state index contributed by atoms with van der Waals surface area (Å²) in [6.07, 6.45) is 4.14. The number of aliphatic carboxylic acids is 1. The number of nitrogens with zero attached hydrogens (tertiary/aromatic N) is 1. The van der Waals surface area contributed by atoms with E-state index in [1.807, 2.05) is 30.3 Å². The SMILES string of the molecule is C/C=C\C(=O)N1CCC(C(=O)O)(c2ccccc2)CC1. The smallest absolute Gasteiger partial charge is 0.314 e. The molecule has 1 heterocycles. The van der Waals surface area contributed by atoms with Crippen molar-refractivity contribution in [2.24, 2.45) is 0 Å². The minimum absolute atomic E-state index is 0.0421. The van der Waals surface area contributed by atoms with Crippen LogP contribution in [0.1, 0.15) is 25.3 Å². The molecule has 0 aliphatic carbocycles. The number of carbonyl (C=O) groups is 2. The van der Waals surface area contributed by atoms with Crippen LogP contribution in [0.5, 0.6) is 0 Å². The molecule has 4 nitrogen and oxygen atoms in total. The van der Waals surface area contributed by atoms with Crippen molar-refractivity contribution in [1.82, 2.24) is 4.90 Å². The van der Waals surface area contributed by atoms with Crippen molar-refractivity contribution in [3.05, 3.63) is 48.0 Å². The van der Waals surface area contributed by atoms with Gasteiger partial charge in [-0.1, -0.05) is 36.4 Å². The fourth-order valence-corrected chi connectivity index (χ4v) is 2.74. The van der Waals surface area contributed by atoms with Gasteiger partial charge in [0.25, 0.3) is 0 Å². The molecular formula is C16H19NO3. The first kappa shape index (κ1) is 14.3. The number of benzene rings is 1. The van der Waals surface area contributed by atoms with E-state index in [4.69, 9.17) is 0 Å². The molecule has 0 spiro atoms. The van der Waals surface area contributed by atoms with Gasteiger partial charge in [-0.05, 0) is 31.4 Å². The molecule has 20 heavy (non-hydrogen) atoms. The van der Waals surface area contributed by atoms with Gasteiger partial charge in [-0.2, -0.15) is 0 Å². The molecule has 1 aromatic carbocycles. The summed E-state index contributed by atoms with van der Waals surface area (Å²) in [7, 11) is 0. The minimum atomic E-state index is -0.867. The average Bonchev–Trinajstić information content (AvgIpc) is 2.48. The number of allylic oxidation sites excluding steroid dienone is 1. The standard InChI is InChI=1S/C16H19NO3/c1-2-6-14(18)17-11-9-16(10-12-17,15(19)20)13-7-4-3-5-8-13/h2-8H,9-12H2,1H3,(H,19,20)/b6-2-. The van der Waals surface area contributed by atoms with E-state index in [1.54, 1.807) is 17.9 Å². The third-order valence-electron chi connectivity index (χ3n) is 3.97. The lowest BCUT2D eigenvalue weighted by atomic mass is 9.73. The van der Waals surface area contributed by atoms with E-state index in [-0.39, 0.29) is 5.91 Å². The van der Waals surface area contributed by atoms with Crippen LogP contribution in [0.15, 0.2) is 42.5 Å². The molecule has 0 saturated carbocycles. The van der Waals surface area contributed by atoms with Gasteiger partial charge in [-0.25, -0.2) is 0 Å². The number of hydrogen-bond donors (Lipinski definition) is 1. The van der Waals surface area contributed by atoms with Crippen LogP contribution in [0, 0.1) is 0 Å². The number of amides is 1. The first-order valence-corrected chi connectivity index (χ1v) is 6.81. The zero-order valence-electron chi connectivity index (χ0n) is 11.6. The summed E-state index contributed by atoms with van der Waals surface area (Å²) in [6, 6.07) is 9.31. The van der Waals surface area contributed by atoms with Gasteiger partial charge in [-0.3, -0.25) is 9.59 Å². The molecule has 1 aliphatic rings. The summed E-state index contributed by atoms with van der Waals surface area (Å²) in [6.45, 7) is 2.75. The molecular weight excluding hydrogens is 254 g/mol. The highest BCUT2D eigenvalue weighted by Gasteiger charge is 2.43. The average molecular weight is 273 g/mol. The van der Waals surface area contributed by atoms with Gasteiger partial charge >= 0.3 is 5.97 Å². The molecule has 1 aliphatic heterocycles. The third kappa shape index (κ3) is 2.59. The van der Waals surface area contributed by atoms with Crippen LogP contribution in [0.3, 0.4) is 0 Å². The van der Waals surface area contributed by atoms with Crippen LogP contribution in [-0.4, -0.2) is 35.0 Å². The largest absolute Gasteiger partial charge is 0.481 e. The Balaban J connectivity index is 2.19. The molecule has 1 amide bonds. The fourth-order valence-electron chi connectivity index (χ4n) is 2.74. The van der Waals surface area contributed by atoms with E-state index >= 15 is 0 Å². The van der Waals surface area contributed by atoms with Gasteiger partial charge in [-0.15, -0.1) is 0 Å². The Labute approximate surface area is 118 Å². The molecule has 0 aromatic heterocycles. The van der Waals surface area contributed by atoms with E-state index in [2.05, 4.69) is 0 Å². The van der Waals surface area contributed by atoms with E-state index in [1.165, 1.54) is 6.08 Å². The van der Waals surface area contributed by atoms with E-state index < -0.39 is 11.4 Å². The van der Waals surface area contributed by atoms with Gasteiger partial charge < -0.3 is 10.0 Å². The second-order valence-electron chi connectivity index (χ2n) is 5.08. The van der Waals surface area contributed by atoms with Crippen LogP contribution in [0.25, 0.3) is 0 Å². The predicted molar refractivity (Wildman–Crippen MR) is 76.4 cm³/mol. The lowest BCUT2D eigenvalue weighted by Crippen LogP contribution is -2.48. The van der Waals surface area contributed by atoms with E-state index in [0.29, 0.717) is 25.9 Å². The zero-order chi connectivity index (χ0) is 14.6. The molecule has 106 valence electrons. The van der Waals surface area contributed by atoms with Crippen LogP contribution in [-0.2, 0) is 15.0 Å². The van der Waals surface area contributed by atoms with Crippen LogP contribution >= 0.6 is 0 Å². The van der Waals surface area contributed by atoms with Gasteiger partial charge in [0.15, 0.2) is 0 Å². The fraction of sp³-hybridized carbons (Fsp3) is 0.375. The highest BCUT2D eigenvalue weighted by molar-refractivity contribution is 5.88. The van der Waals surface area contributed by atoms with Crippen molar-refractivity contribution in [2.75, 3.05) is 13.1 Å². The molecule has 0 bridgehead atoms. The molecule has 1 aromatic rings. The zero-order valence-corrected chi connectivity index (χ0v) is 11.6. The first-order valence-electron chi connectivity index (χ1n) is 6.81. The molecule has 0 atom stereocenters. The summed E-state index contributed by atoms with van der Waals surface area (Å²) in [5.41, 5.74) is -0.0424. The van der Waals surface area contributed by atoms with Crippen molar-refractivity contribution < 1.29 is 14.7 Å². The number of likely N-dealkylation sites (tertiary alicyclic amines) is 1. The lowest BCUT2D eigenvalue weighted by Gasteiger charge is -2.38. The number of hydrogen-bond acceptors (Lipinski definition) is 2. The maximum Gasteiger partial charge on any atom is 0.314 e. The lowest BCUT2D eigenvalue weighted by molar-refractivity contribution is -0.147. The Morgan fingerprint density at radius 3 is 2.30 bits per heavy atom. The Morgan fingerprint density at radius 1 is 1.20 bits per heavy atom. The highest BCUT2D eigenvalue weighted by atomic mass is 16.4. The maximum atomic E-state index is 11.8. The van der Waals surface area contributed by atoms with Crippen molar-refractivity contribution in [3.63, 3.8) is 0 Å². The molecule has 1 fully saturated rings. The molecule has 1 saturated heterocycles. The van der Waals surface area contributed by atoms with Crippen molar-refractivity contribution >= 4 is 11.9 Å². The number of carbonyl (C=O) groups excluding carboxylic acids is 1. The molecule has 2 rings (SSSR count). The van der Waals surface area contributed by atoms with Gasteiger partial charge in [0.1, 0.15) is 0 Å². The summed E-state index contributed by atoms with van der Waals surface area (Å²) in [5, 5.41) is 9.65. The van der Waals surface area contributed by atoms with Gasteiger partial charge in [0.05, 0.1) is 5.41 Å². The Morgan fingerprint density at radius 2 is 1.80 bits per heavy atom. The molecule has 0 radical (unpaired) electrons. The second kappa shape index (κ2) is 5.90. The highest BCUT2D eigenvalue weighted by Crippen LogP contribution is 2.35. The summed E-state index contributed by atoms with van der Waals surface area (Å²) < 4.78 is 0. The van der Waals surface area contributed by atoms with Crippen LogP contribution in [0.2, 0.25) is 0 Å².